The minimum atomic E-state index is -3.67. The van der Waals surface area contributed by atoms with Gasteiger partial charge < -0.3 is 9.73 Å². The highest BCUT2D eigenvalue weighted by Crippen LogP contribution is 2.16. The molecule has 0 radical (unpaired) electrons. The highest BCUT2D eigenvalue weighted by Gasteiger charge is 2.08. The highest BCUT2D eigenvalue weighted by atomic mass is 32.2. The molecule has 5 nitrogen and oxygen atoms in total. The molecule has 0 fully saturated rings. The summed E-state index contributed by atoms with van der Waals surface area (Å²) >= 11 is 0. The largest absolute Gasteiger partial charge is 0.464 e. The summed E-state index contributed by atoms with van der Waals surface area (Å²) < 4.78 is 28.0. The Balaban J connectivity index is 2.07. The van der Waals surface area contributed by atoms with E-state index < -0.39 is 10.0 Å². The number of rotatable bonds is 5. The van der Waals surface area contributed by atoms with Crippen LogP contribution in [0.5, 0.6) is 0 Å². The third-order valence-electron chi connectivity index (χ3n) is 2.70. The molecule has 1 heterocycles. The lowest BCUT2D eigenvalue weighted by Crippen LogP contribution is -2.12. The van der Waals surface area contributed by atoms with E-state index >= 15 is 0 Å². The zero-order valence-electron chi connectivity index (χ0n) is 10.6. The van der Waals surface area contributed by atoms with E-state index in [0.29, 0.717) is 12.2 Å². The number of nitrogens with one attached hydrogen (secondary N) is 1. The third kappa shape index (κ3) is 3.59. The normalized spacial score (nSPS) is 11.5. The van der Waals surface area contributed by atoms with Crippen molar-refractivity contribution in [2.45, 2.75) is 24.8 Å². The minimum Gasteiger partial charge on any atom is -0.464 e. The topological polar surface area (TPSA) is 85.3 Å². The van der Waals surface area contributed by atoms with Gasteiger partial charge in [0.15, 0.2) is 0 Å². The summed E-state index contributed by atoms with van der Waals surface area (Å²) in [5.74, 6) is 1.73. The van der Waals surface area contributed by atoms with E-state index in [9.17, 15) is 8.42 Å². The van der Waals surface area contributed by atoms with Gasteiger partial charge in [-0.15, -0.1) is 0 Å². The predicted molar refractivity (Wildman–Crippen MR) is 73.2 cm³/mol. The van der Waals surface area contributed by atoms with E-state index in [1.54, 1.807) is 12.1 Å². The average molecular weight is 280 g/mol. The van der Waals surface area contributed by atoms with Crippen molar-refractivity contribution in [2.24, 2.45) is 5.14 Å². The van der Waals surface area contributed by atoms with Crippen molar-refractivity contribution in [3.05, 3.63) is 47.9 Å². The quantitative estimate of drug-likeness (QED) is 0.878. The van der Waals surface area contributed by atoms with Crippen molar-refractivity contribution >= 4 is 15.7 Å². The molecule has 1 aromatic heterocycles. The van der Waals surface area contributed by atoms with E-state index in [2.05, 4.69) is 5.32 Å². The maximum atomic E-state index is 11.2. The summed E-state index contributed by atoms with van der Waals surface area (Å²) in [6, 6.07) is 10.2. The van der Waals surface area contributed by atoms with Gasteiger partial charge in [-0.2, -0.15) is 0 Å². The molecular formula is C13H16N2O3S. The molecule has 0 aliphatic carbocycles. The summed E-state index contributed by atoms with van der Waals surface area (Å²) in [4.78, 5) is 0.0891. The molecule has 0 bridgehead atoms. The number of benzene rings is 1. The molecule has 0 amide bonds. The molecule has 0 unspecified atom stereocenters. The van der Waals surface area contributed by atoms with Crippen LogP contribution in [0.1, 0.15) is 18.4 Å². The Morgan fingerprint density at radius 2 is 1.95 bits per heavy atom. The van der Waals surface area contributed by atoms with Gasteiger partial charge in [0.2, 0.25) is 10.0 Å². The molecule has 0 saturated carbocycles. The molecule has 0 aliphatic rings. The van der Waals surface area contributed by atoms with Crippen molar-refractivity contribution in [2.75, 3.05) is 5.32 Å². The first kappa shape index (κ1) is 13.6. The van der Waals surface area contributed by atoms with Crippen molar-refractivity contribution in [1.82, 2.24) is 0 Å². The van der Waals surface area contributed by atoms with E-state index in [1.165, 1.54) is 12.1 Å². The molecule has 19 heavy (non-hydrogen) atoms. The smallest absolute Gasteiger partial charge is 0.238 e. The standard InChI is InChI=1S/C13H16N2O3S/c1-2-11-6-7-12(18-11)9-15-10-4-3-5-13(8-10)19(14,16)17/h3-8,15H,2,9H2,1H3,(H2,14,16,17). The molecule has 0 spiro atoms. The molecule has 6 heteroatoms. The van der Waals surface area contributed by atoms with Crippen LogP contribution in [0.25, 0.3) is 0 Å². The van der Waals surface area contributed by atoms with Crippen LogP contribution in [0.4, 0.5) is 5.69 Å². The molecule has 0 atom stereocenters. The number of primary sulfonamides is 1. The number of hydrogen-bond donors (Lipinski definition) is 2. The van der Waals surface area contributed by atoms with Crippen LogP contribution >= 0.6 is 0 Å². The zero-order valence-corrected chi connectivity index (χ0v) is 11.4. The van der Waals surface area contributed by atoms with Crippen molar-refractivity contribution in [1.29, 1.82) is 0 Å². The maximum Gasteiger partial charge on any atom is 0.238 e. The van der Waals surface area contributed by atoms with Gasteiger partial charge in [0.05, 0.1) is 11.4 Å². The van der Waals surface area contributed by atoms with Crippen LogP contribution in [0, 0.1) is 0 Å². The Hall–Kier alpha value is -1.79. The Kier molecular flexibility index (Phi) is 3.92. The summed E-state index contributed by atoms with van der Waals surface area (Å²) in [6.07, 6.45) is 0.848. The van der Waals surface area contributed by atoms with Gasteiger partial charge in [0, 0.05) is 12.1 Å². The third-order valence-corrected chi connectivity index (χ3v) is 3.61. The molecule has 102 valence electrons. The SMILES string of the molecule is CCc1ccc(CNc2cccc(S(N)(=O)=O)c2)o1. The molecule has 1 aromatic carbocycles. The number of anilines is 1. The second-order valence-corrected chi connectivity index (χ2v) is 5.71. The van der Waals surface area contributed by atoms with E-state index in [-0.39, 0.29) is 4.90 Å². The van der Waals surface area contributed by atoms with Crippen LogP contribution in [0.3, 0.4) is 0 Å². The summed E-state index contributed by atoms with van der Waals surface area (Å²) in [7, 11) is -3.67. The molecule has 0 aliphatic heterocycles. The molecule has 2 rings (SSSR count). The lowest BCUT2D eigenvalue weighted by atomic mass is 10.3. The Morgan fingerprint density at radius 3 is 2.58 bits per heavy atom. The van der Waals surface area contributed by atoms with E-state index in [0.717, 1.165) is 17.9 Å². The Labute approximate surface area is 112 Å². The first-order valence-corrected chi connectivity index (χ1v) is 7.48. The van der Waals surface area contributed by atoms with Crippen LogP contribution in [0.15, 0.2) is 45.7 Å². The van der Waals surface area contributed by atoms with Gasteiger partial charge in [-0.1, -0.05) is 13.0 Å². The number of furan rings is 1. The number of aryl methyl sites for hydroxylation is 1. The first-order valence-electron chi connectivity index (χ1n) is 5.93. The van der Waals surface area contributed by atoms with Gasteiger partial charge in [0.1, 0.15) is 11.5 Å². The molecule has 3 N–H and O–H groups in total. The minimum absolute atomic E-state index is 0.0891. The fourth-order valence-corrected chi connectivity index (χ4v) is 2.24. The van der Waals surface area contributed by atoms with Crippen LogP contribution in [-0.4, -0.2) is 8.42 Å². The lowest BCUT2D eigenvalue weighted by Gasteiger charge is -2.06. The fourth-order valence-electron chi connectivity index (χ4n) is 1.68. The van der Waals surface area contributed by atoms with Crippen molar-refractivity contribution < 1.29 is 12.8 Å². The molecular weight excluding hydrogens is 264 g/mol. The molecule has 0 saturated heterocycles. The van der Waals surface area contributed by atoms with Crippen molar-refractivity contribution in [3.63, 3.8) is 0 Å². The van der Waals surface area contributed by atoms with Gasteiger partial charge in [-0.3, -0.25) is 0 Å². The van der Waals surface area contributed by atoms with Gasteiger partial charge >= 0.3 is 0 Å². The van der Waals surface area contributed by atoms with Crippen LogP contribution < -0.4 is 10.5 Å². The fraction of sp³-hybridized carbons (Fsp3) is 0.231. The number of sulfonamides is 1. The maximum absolute atomic E-state index is 11.2. The average Bonchev–Trinajstić information content (AvgIpc) is 2.84. The Morgan fingerprint density at radius 1 is 1.21 bits per heavy atom. The van der Waals surface area contributed by atoms with E-state index in [1.807, 2.05) is 19.1 Å². The lowest BCUT2D eigenvalue weighted by molar-refractivity contribution is 0.476. The Bertz CT molecular complexity index is 662. The zero-order chi connectivity index (χ0) is 13.9. The number of hydrogen-bond acceptors (Lipinski definition) is 4. The summed E-state index contributed by atoms with van der Waals surface area (Å²) in [5.41, 5.74) is 0.681. The predicted octanol–water partition coefficient (Wildman–Crippen LogP) is 2.10. The molecule has 2 aromatic rings. The summed E-state index contributed by atoms with van der Waals surface area (Å²) in [5, 5.41) is 8.18. The monoisotopic (exact) mass is 280 g/mol. The van der Waals surface area contributed by atoms with Gasteiger partial charge in [-0.25, -0.2) is 13.6 Å². The van der Waals surface area contributed by atoms with Gasteiger partial charge in [0.25, 0.3) is 0 Å². The first-order chi connectivity index (χ1) is 8.99. The highest BCUT2D eigenvalue weighted by molar-refractivity contribution is 7.89. The van der Waals surface area contributed by atoms with E-state index in [4.69, 9.17) is 9.56 Å². The van der Waals surface area contributed by atoms with Crippen LogP contribution in [-0.2, 0) is 23.0 Å². The number of nitrogens with two attached hydrogens (primary N) is 1. The second kappa shape index (κ2) is 5.46. The van der Waals surface area contributed by atoms with Crippen LogP contribution in [0.2, 0.25) is 0 Å². The van der Waals surface area contributed by atoms with Gasteiger partial charge in [-0.05, 0) is 30.3 Å². The summed E-state index contributed by atoms with van der Waals surface area (Å²) in [6.45, 7) is 2.51. The van der Waals surface area contributed by atoms with Crippen molar-refractivity contribution in [3.8, 4) is 0 Å². The second-order valence-electron chi connectivity index (χ2n) is 4.15.